The maximum absolute atomic E-state index is 8.13. The summed E-state index contributed by atoms with van der Waals surface area (Å²) in [6.45, 7) is 4.75. The van der Waals surface area contributed by atoms with Gasteiger partial charge in [0.05, 0.1) is 6.54 Å². The van der Waals surface area contributed by atoms with Gasteiger partial charge in [0.2, 0.25) is 0 Å². The number of nitrogens with zero attached hydrogens (tertiary/aromatic N) is 3. The first-order valence-corrected chi connectivity index (χ1v) is 4.33. The molecule has 1 aromatic rings. The van der Waals surface area contributed by atoms with Crippen molar-refractivity contribution in [2.24, 2.45) is 5.11 Å². The van der Waals surface area contributed by atoms with E-state index in [1.54, 1.807) is 0 Å². The average Bonchev–Trinajstić information content (AvgIpc) is 2.15. The predicted octanol–water partition coefficient (Wildman–Crippen LogP) is 3.62. The summed E-state index contributed by atoms with van der Waals surface area (Å²) in [5.41, 5.74) is 10.5. The Kier molecular flexibility index (Phi) is 3.35. The van der Waals surface area contributed by atoms with Gasteiger partial charge < -0.3 is 0 Å². The lowest BCUT2D eigenvalue weighted by Gasteiger charge is -2.04. The normalized spacial score (nSPS) is 9.77. The Balaban J connectivity index is 2.75. The molecule has 0 heterocycles. The molecular formula is C10H13N3. The minimum atomic E-state index is 0.439. The Labute approximate surface area is 78.0 Å². The molecule has 1 aromatic carbocycles. The van der Waals surface area contributed by atoms with Gasteiger partial charge in [0, 0.05) is 4.91 Å². The van der Waals surface area contributed by atoms with E-state index >= 15 is 0 Å². The van der Waals surface area contributed by atoms with Crippen LogP contribution in [0.3, 0.4) is 0 Å². The highest BCUT2D eigenvalue weighted by atomic mass is 15.1. The van der Waals surface area contributed by atoms with Crippen molar-refractivity contribution < 1.29 is 0 Å². The van der Waals surface area contributed by atoms with Crippen molar-refractivity contribution in [3.05, 3.63) is 45.8 Å². The lowest BCUT2D eigenvalue weighted by atomic mass is 10.0. The van der Waals surface area contributed by atoms with Crippen molar-refractivity contribution in [3.63, 3.8) is 0 Å². The number of benzene rings is 1. The summed E-state index contributed by atoms with van der Waals surface area (Å²) in [6, 6.07) is 8.16. The Morgan fingerprint density at radius 1 is 1.31 bits per heavy atom. The average molecular weight is 175 g/mol. The van der Waals surface area contributed by atoms with Gasteiger partial charge in [0.15, 0.2) is 0 Å². The Bertz CT molecular complexity index is 307. The minimum absolute atomic E-state index is 0.439. The molecule has 0 bridgehead atoms. The van der Waals surface area contributed by atoms with E-state index in [4.69, 9.17) is 5.53 Å². The quantitative estimate of drug-likeness (QED) is 0.382. The summed E-state index contributed by atoms with van der Waals surface area (Å²) in [4.78, 5) is 2.71. The van der Waals surface area contributed by atoms with Gasteiger partial charge >= 0.3 is 0 Å². The number of rotatable bonds is 3. The van der Waals surface area contributed by atoms with Gasteiger partial charge in [-0.25, -0.2) is 0 Å². The molecule has 0 atom stereocenters. The molecule has 0 N–H and O–H groups in total. The zero-order valence-electron chi connectivity index (χ0n) is 7.94. The van der Waals surface area contributed by atoms with E-state index in [2.05, 4.69) is 36.0 Å². The molecule has 0 radical (unpaired) electrons. The smallest absolute Gasteiger partial charge is 0.0510 e. The summed E-state index contributed by atoms with van der Waals surface area (Å²) in [5, 5.41) is 3.50. The van der Waals surface area contributed by atoms with Gasteiger partial charge in [-0.1, -0.05) is 43.2 Å². The van der Waals surface area contributed by atoms with Crippen LogP contribution in [-0.4, -0.2) is 0 Å². The molecular weight excluding hydrogens is 162 g/mol. The number of hydrogen-bond acceptors (Lipinski definition) is 1. The van der Waals surface area contributed by atoms with Gasteiger partial charge in [-0.3, -0.25) is 0 Å². The molecule has 0 aliphatic heterocycles. The summed E-state index contributed by atoms with van der Waals surface area (Å²) in [5.74, 6) is 0.550. The summed E-state index contributed by atoms with van der Waals surface area (Å²) < 4.78 is 0. The van der Waals surface area contributed by atoms with Crippen molar-refractivity contribution in [3.8, 4) is 0 Å². The van der Waals surface area contributed by atoms with E-state index in [1.807, 2.05) is 12.1 Å². The molecule has 0 unspecified atom stereocenters. The lowest BCUT2D eigenvalue weighted by molar-refractivity contribution is 0.864. The standard InChI is InChI=1S/C10H13N3/c1-8(2)10-5-3-9(4-6-10)7-12-13-11/h3-6,8H,7H2,1-2H3. The lowest BCUT2D eigenvalue weighted by Crippen LogP contribution is -1.87. The topological polar surface area (TPSA) is 48.8 Å². The van der Waals surface area contributed by atoms with Crippen LogP contribution in [0.2, 0.25) is 0 Å². The van der Waals surface area contributed by atoms with E-state index < -0.39 is 0 Å². The second-order valence-electron chi connectivity index (χ2n) is 3.29. The molecule has 13 heavy (non-hydrogen) atoms. The third-order valence-corrected chi connectivity index (χ3v) is 1.96. The van der Waals surface area contributed by atoms with Crippen LogP contribution in [0.15, 0.2) is 29.4 Å². The first-order valence-electron chi connectivity index (χ1n) is 4.33. The van der Waals surface area contributed by atoms with E-state index in [0.29, 0.717) is 12.5 Å². The fourth-order valence-electron chi connectivity index (χ4n) is 1.12. The number of azide groups is 1. The second kappa shape index (κ2) is 4.53. The maximum atomic E-state index is 8.13. The van der Waals surface area contributed by atoms with Crippen LogP contribution in [0.4, 0.5) is 0 Å². The van der Waals surface area contributed by atoms with Crippen LogP contribution < -0.4 is 0 Å². The van der Waals surface area contributed by atoms with E-state index in [1.165, 1.54) is 5.56 Å². The summed E-state index contributed by atoms with van der Waals surface area (Å²) in [6.07, 6.45) is 0. The third-order valence-electron chi connectivity index (χ3n) is 1.96. The fraction of sp³-hybridized carbons (Fsp3) is 0.400. The van der Waals surface area contributed by atoms with Crippen LogP contribution in [0.25, 0.3) is 10.4 Å². The van der Waals surface area contributed by atoms with Gasteiger partial charge in [-0.15, -0.1) is 0 Å². The molecule has 0 aliphatic carbocycles. The van der Waals surface area contributed by atoms with Crippen molar-refractivity contribution in [2.45, 2.75) is 26.3 Å². The van der Waals surface area contributed by atoms with Crippen LogP contribution >= 0.6 is 0 Å². The molecule has 0 saturated heterocycles. The second-order valence-corrected chi connectivity index (χ2v) is 3.29. The van der Waals surface area contributed by atoms with Gasteiger partial charge in [-0.2, -0.15) is 0 Å². The van der Waals surface area contributed by atoms with E-state index in [-0.39, 0.29) is 0 Å². The van der Waals surface area contributed by atoms with Crippen molar-refractivity contribution >= 4 is 0 Å². The van der Waals surface area contributed by atoms with Crippen molar-refractivity contribution in [1.82, 2.24) is 0 Å². The molecule has 0 amide bonds. The Hall–Kier alpha value is -1.47. The number of hydrogen-bond donors (Lipinski definition) is 0. The summed E-state index contributed by atoms with van der Waals surface area (Å²) in [7, 11) is 0. The Morgan fingerprint density at radius 3 is 2.38 bits per heavy atom. The molecule has 0 fully saturated rings. The maximum Gasteiger partial charge on any atom is 0.0510 e. The van der Waals surface area contributed by atoms with Gasteiger partial charge in [-0.05, 0) is 22.6 Å². The van der Waals surface area contributed by atoms with E-state index in [0.717, 1.165) is 5.56 Å². The Morgan fingerprint density at radius 2 is 1.92 bits per heavy atom. The van der Waals surface area contributed by atoms with E-state index in [9.17, 15) is 0 Å². The zero-order valence-corrected chi connectivity index (χ0v) is 7.94. The van der Waals surface area contributed by atoms with Crippen molar-refractivity contribution in [2.75, 3.05) is 0 Å². The molecule has 68 valence electrons. The highest BCUT2D eigenvalue weighted by Gasteiger charge is 1.97. The monoisotopic (exact) mass is 175 g/mol. The third kappa shape index (κ3) is 2.80. The zero-order chi connectivity index (χ0) is 9.68. The highest BCUT2D eigenvalue weighted by molar-refractivity contribution is 5.24. The van der Waals surface area contributed by atoms with Crippen LogP contribution in [0.5, 0.6) is 0 Å². The minimum Gasteiger partial charge on any atom is -0.0893 e. The first kappa shape index (κ1) is 9.62. The fourth-order valence-corrected chi connectivity index (χ4v) is 1.12. The molecule has 0 spiro atoms. The highest BCUT2D eigenvalue weighted by Crippen LogP contribution is 2.14. The summed E-state index contributed by atoms with van der Waals surface area (Å²) >= 11 is 0. The van der Waals surface area contributed by atoms with Gasteiger partial charge in [0.1, 0.15) is 0 Å². The van der Waals surface area contributed by atoms with Crippen molar-refractivity contribution in [1.29, 1.82) is 0 Å². The molecule has 0 aromatic heterocycles. The van der Waals surface area contributed by atoms with Crippen LogP contribution in [-0.2, 0) is 6.54 Å². The SMILES string of the molecule is CC(C)c1ccc(CN=[N+]=[N-])cc1. The molecule has 0 saturated carbocycles. The first-order chi connectivity index (χ1) is 6.24. The predicted molar refractivity (Wildman–Crippen MR) is 53.4 cm³/mol. The molecule has 3 nitrogen and oxygen atoms in total. The molecule has 1 rings (SSSR count). The van der Waals surface area contributed by atoms with Crippen LogP contribution in [0.1, 0.15) is 30.9 Å². The largest absolute Gasteiger partial charge is 0.0893 e. The molecule has 0 aliphatic rings. The van der Waals surface area contributed by atoms with Crippen LogP contribution in [0, 0.1) is 0 Å². The molecule has 3 heteroatoms. The van der Waals surface area contributed by atoms with Gasteiger partial charge in [0.25, 0.3) is 0 Å².